The number of rotatable bonds is 9. The molecule has 3 heterocycles. The van der Waals surface area contributed by atoms with Crippen molar-refractivity contribution in [1.82, 2.24) is 16.0 Å². The van der Waals surface area contributed by atoms with Crippen LogP contribution in [0.1, 0.15) is 48.5 Å². The third-order valence-electron chi connectivity index (χ3n) is 7.49. The first-order chi connectivity index (χ1) is 18.4. The lowest BCUT2D eigenvalue weighted by molar-refractivity contribution is -0.207. The monoisotopic (exact) mass is 589 g/mol. The van der Waals surface area contributed by atoms with Crippen LogP contribution in [0.2, 0.25) is 0 Å². The van der Waals surface area contributed by atoms with E-state index in [1.54, 1.807) is 34.6 Å². The van der Waals surface area contributed by atoms with E-state index in [0.29, 0.717) is 11.8 Å². The molecule has 3 aliphatic rings. The summed E-state index contributed by atoms with van der Waals surface area (Å²) >= 11 is 0.535. The smallest absolute Gasteiger partial charge is 0.338 e. The summed E-state index contributed by atoms with van der Waals surface area (Å²) in [6.07, 6.45) is -4.23. The Labute approximate surface area is 236 Å². The maximum Gasteiger partial charge on any atom is 0.338 e. The minimum Gasteiger partial charge on any atom is -0.480 e. The molecule has 0 bridgehead atoms. The fraction of sp³-hybridized carbons (Fsp3) is 0.760. The van der Waals surface area contributed by atoms with Crippen LogP contribution in [0.3, 0.4) is 0 Å². The van der Waals surface area contributed by atoms with E-state index in [-0.39, 0.29) is 23.5 Å². The first-order valence-corrected chi connectivity index (χ1v) is 13.9. The summed E-state index contributed by atoms with van der Waals surface area (Å²) in [6.45, 7) is 11.1. The Balaban J connectivity index is 0.000000315. The predicted molar refractivity (Wildman–Crippen MR) is 140 cm³/mol. The summed E-state index contributed by atoms with van der Waals surface area (Å²) in [5.74, 6) is -5.36. The maximum absolute atomic E-state index is 12.8. The van der Waals surface area contributed by atoms with Crippen molar-refractivity contribution in [2.75, 3.05) is 5.75 Å². The molecule has 3 rings (SSSR count). The average molecular weight is 590 g/mol. The van der Waals surface area contributed by atoms with Gasteiger partial charge in [-0.3, -0.25) is 19.2 Å². The molecule has 14 nitrogen and oxygen atoms in total. The highest BCUT2D eigenvalue weighted by Gasteiger charge is 2.71. The van der Waals surface area contributed by atoms with Crippen molar-refractivity contribution in [3.05, 3.63) is 0 Å². The molecule has 0 radical (unpaired) electrons. The summed E-state index contributed by atoms with van der Waals surface area (Å²) in [6, 6.07) is -1.31. The zero-order valence-corrected chi connectivity index (χ0v) is 24.3. The number of ether oxygens (including phenoxy) is 1. The molecule has 0 aromatic heterocycles. The minimum atomic E-state index is -1.92. The Morgan fingerprint density at radius 1 is 0.975 bits per heavy atom. The number of hydrogen-bond donors (Lipinski definition) is 7. The van der Waals surface area contributed by atoms with E-state index >= 15 is 0 Å². The van der Waals surface area contributed by atoms with Crippen LogP contribution in [0.5, 0.6) is 0 Å². The lowest BCUT2D eigenvalue weighted by Crippen LogP contribution is -2.73. The Hall–Kier alpha value is -2.75. The molecular formula is C25H39N3O11S. The number of carbonyl (C=O) groups is 6. The molecule has 3 amide bonds. The van der Waals surface area contributed by atoms with Gasteiger partial charge in [0.2, 0.25) is 28.4 Å². The van der Waals surface area contributed by atoms with Gasteiger partial charge in [0, 0.05) is 12.7 Å². The fourth-order valence-corrected chi connectivity index (χ4v) is 6.10. The van der Waals surface area contributed by atoms with Crippen molar-refractivity contribution in [3.8, 4) is 0 Å². The number of carboxylic acids is 1. The number of thioether (sulfide) groups is 1. The van der Waals surface area contributed by atoms with E-state index < -0.39 is 82.2 Å². The average Bonchev–Trinajstić information content (AvgIpc) is 3.22. The van der Waals surface area contributed by atoms with E-state index in [1.807, 2.05) is 0 Å². The van der Waals surface area contributed by atoms with Gasteiger partial charge in [-0.1, -0.05) is 46.4 Å². The number of fused-ring (bicyclic) bond motifs is 1. The van der Waals surface area contributed by atoms with E-state index in [4.69, 9.17) is 9.84 Å². The molecule has 0 aromatic rings. The first kappa shape index (κ1) is 33.5. The number of amides is 3. The number of aliphatic hydroxyl groups is 3. The Morgan fingerprint density at radius 3 is 1.88 bits per heavy atom. The first-order valence-electron chi connectivity index (χ1n) is 12.9. The van der Waals surface area contributed by atoms with Gasteiger partial charge < -0.3 is 41.1 Å². The number of carbonyl (C=O) groups excluding carboxylic acids is 5. The highest BCUT2D eigenvalue weighted by molar-refractivity contribution is 8.13. The van der Waals surface area contributed by atoms with E-state index in [1.165, 1.54) is 6.92 Å². The second-order valence-electron chi connectivity index (χ2n) is 11.1. The predicted octanol–water partition coefficient (Wildman–Crippen LogP) is -1.85. The molecule has 3 aliphatic heterocycles. The third-order valence-corrected chi connectivity index (χ3v) is 8.59. The van der Waals surface area contributed by atoms with Crippen LogP contribution >= 0.6 is 11.8 Å². The molecule has 0 saturated carbocycles. The van der Waals surface area contributed by atoms with Gasteiger partial charge in [0.05, 0.1) is 30.1 Å². The van der Waals surface area contributed by atoms with Crippen LogP contribution in [0.15, 0.2) is 0 Å². The quantitative estimate of drug-likeness (QED) is 0.147. The molecule has 40 heavy (non-hydrogen) atoms. The summed E-state index contributed by atoms with van der Waals surface area (Å²) < 4.78 is 4.94. The highest BCUT2D eigenvalue weighted by Crippen LogP contribution is 2.42. The lowest BCUT2D eigenvalue weighted by atomic mass is 9.76. The van der Waals surface area contributed by atoms with E-state index in [0.717, 1.165) is 6.92 Å². The molecule has 226 valence electrons. The van der Waals surface area contributed by atoms with Crippen LogP contribution in [0.4, 0.5) is 0 Å². The van der Waals surface area contributed by atoms with Gasteiger partial charge in [-0.2, -0.15) is 0 Å². The Kier molecular flexibility index (Phi) is 10.4. The van der Waals surface area contributed by atoms with Gasteiger partial charge in [-0.05, 0) is 18.8 Å². The standard InChI is InChI=1S/C15H24N2O7S.C10H15NO4/c1-6(2)10(19)15(11(20)7(3)12(21)17-15)14(24)25-5-9(13(22)23)16-8(4)18;1-4(2)6(12)10-7(15-9(10)14)5(3)8(13)11-10/h6-7,9-11,19-20H,5H2,1-4H3,(H,16,18)(H,17,21)(H,22,23);4-7,12H,1-3H3,(H,11,13)/t7-,9+,10+,11+,15-;5-,6+,7+,10-/m11/s1. The molecule has 9 atom stereocenters. The summed E-state index contributed by atoms with van der Waals surface area (Å²) in [5, 5.41) is 46.4. The van der Waals surface area contributed by atoms with Gasteiger partial charge in [-0.15, -0.1) is 0 Å². The molecule has 3 fully saturated rings. The zero-order chi connectivity index (χ0) is 30.9. The second kappa shape index (κ2) is 12.4. The van der Waals surface area contributed by atoms with Crippen LogP contribution in [0, 0.1) is 23.7 Å². The van der Waals surface area contributed by atoms with Gasteiger partial charge in [0.1, 0.15) is 12.1 Å². The minimum absolute atomic E-state index is 0.106. The second-order valence-corrected chi connectivity index (χ2v) is 12.1. The Morgan fingerprint density at radius 2 is 1.50 bits per heavy atom. The molecule has 0 aromatic carbocycles. The van der Waals surface area contributed by atoms with Crippen molar-refractivity contribution in [2.45, 2.75) is 90.0 Å². The van der Waals surface area contributed by atoms with E-state index in [9.17, 15) is 44.1 Å². The fourth-order valence-electron chi connectivity index (χ4n) is 5.02. The van der Waals surface area contributed by atoms with Crippen LogP contribution in [-0.2, 0) is 33.5 Å². The summed E-state index contributed by atoms with van der Waals surface area (Å²) in [4.78, 5) is 69.8. The van der Waals surface area contributed by atoms with Crippen molar-refractivity contribution in [2.24, 2.45) is 23.7 Å². The van der Waals surface area contributed by atoms with Crippen molar-refractivity contribution in [1.29, 1.82) is 0 Å². The molecule has 0 unspecified atom stereocenters. The van der Waals surface area contributed by atoms with Gasteiger partial charge in [-0.25, -0.2) is 9.59 Å². The summed E-state index contributed by atoms with van der Waals surface area (Å²) in [5.41, 5.74) is -3.11. The van der Waals surface area contributed by atoms with Crippen LogP contribution < -0.4 is 16.0 Å². The molecule has 0 aliphatic carbocycles. The number of aliphatic carboxylic acids is 1. The largest absolute Gasteiger partial charge is 0.480 e. The van der Waals surface area contributed by atoms with Crippen molar-refractivity contribution in [3.63, 3.8) is 0 Å². The van der Waals surface area contributed by atoms with E-state index in [2.05, 4.69) is 16.0 Å². The van der Waals surface area contributed by atoms with Crippen molar-refractivity contribution < 1.29 is 53.9 Å². The topological polar surface area (TPSA) is 229 Å². The number of hydrogen-bond acceptors (Lipinski definition) is 11. The van der Waals surface area contributed by atoms with Crippen LogP contribution in [-0.4, -0.2) is 102 Å². The Bertz CT molecular complexity index is 1050. The SMILES string of the molecule is CC(=O)N[C@@H](CSC(=O)[C@]1([C@@H](O)C(C)C)NC(=O)[C@H](C)[C@@H]1O)C(=O)O.CC(C)[C@H](O)[C@@]12NC(=O)[C@H](C)[C@@H]1OC2=O. The zero-order valence-electron chi connectivity index (χ0n) is 23.5. The van der Waals surface area contributed by atoms with Gasteiger partial charge in [0.15, 0.2) is 5.54 Å². The number of aliphatic hydroxyl groups excluding tert-OH is 3. The van der Waals surface area contributed by atoms with Crippen LogP contribution in [0.25, 0.3) is 0 Å². The summed E-state index contributed by atoms with van der Waals surface area (Å²) in [7, 11) is 0. The number of carboxylic acid groups (broad SMARTS) is 1. The van der Waals surface area contributed by atoms with Gasteiger partial charge in [0.25, 0.3) is 0 Å². The molecule has 0 spiro atoms. The lowest BCUT2D eigenvalue weighted by Gasteiger charge is -2.46. The molecule has 15 heteroatoms. The molecule has 7 N–H and O–H groups in total. The molecular weight excluding hydrogens is 550 g/mol. The van der Waals surface area contributed by atoms with Crippen molar-refractivity contribution >= 4 is 46.5 Å². The van der Waals surface area contributed by atoms with Gasteiger partial charge >= 0.3 is 11.9 Å². The molecule has 3 saturated heterocycles. The number of esters is 1. The normalized spacial score (nSPS) is 33.0. The third kappa shape index (κ3) is 5.83. The highest BCUT2D eigenvalue weighted by atomic mass is 32.2. The number of nitrogens with one attached hydrogen (secondary N) is 3. The maximum atomic E-state index is 12.8.